The number of carboxylic acids is 1. The van der Waals surface area contributed by atoms with Crippen LogP contribution in [0.5, 0.6) is 0 Å². The quantitative estimate of drug-likeness (QED) is 0.721. The molecule has 1 amide bonds. The number of hydrogen-bond acceptors (Lipinski definition) is 4. The summed E-state index contributed by atoms with van der Waals surface area (Å²) in [5.41, 5.74) is 5.68. The fraction of sp³-hybridized carbons (Fsp3) is 0.833. The average Bonchev–Trinajstić information content (AvgIpc) is 2.86. The maximum atomic E-state index is 12.4. The molecule has 3 N–H and O–H groups in total. The van der Waals surface area contributed by atoms with Crippen LogP contribution in [0, 0.1) is 11.8 Å². The zero-order valence-corrected chi connectivity index (χ0v) is 10.4. The first kappa shape index (κ1) is 13.3. The van der Waals surface area contributed by atoms with Crippen molar-refractivity contribution in [3.05, 3.63) is 0 Å². The van der Waals surface area contributed by atoms with Crippen LogP contribution in [0.4, 0.5) is 0 Å². The van der Waals surface area contributed by atoms with Gasteiger partial charge >= 0.3 is 5.97 Å². The summed E-state index contributed by atoms with van der Waals surface area (Å²) >= 11 is 0. The lowest BCUT2D eigenvalue weighted by Crippen LogP contribution is -2.51. The van der Waals surface area contributed by atoms with Crippen molar-refractivity contribution in [2.45, 2.75) is 25.4 Å². The van der Waals surface area contributed by atoms with E-state index in [-0.39, 0.29) is 24.3 Å². The molecule has 0 aromatic carbocycles. The molecule has 1 aliphatic carbocycles. The number of nitrogens with zero attached hydrogens (tertiary/aromatic N) is 1. The van der Waals surface area contributed by atoms with Crippen LogP contribution in [0.2, 0.25) is 0 Å². The third-order valence-corrected chi connectivity index (χ3v) is 3.93. The zero-order valence-electron chi connectivity index (χ0n) is 10.4. The summed E-state index contributed by atoms with van der Waals surface area (Å²) < 4.78 is 5.12. The predicted octanol–water partition coefficient (Wildman–Crippen LogP) is -0.327. The number of aliphatic carboxylic acids is 1. The molecule has 2 fully saturated rings. The highest BCUT2D eigenvalue weighted by molar-refractivity contribution is 5.81. The monoisotopic (exact) mass is 256 g/mol. The summed E-state index contributed by atoms with van der Waals surface area (Å²) in [4.78, 5) is 24.9. The lowest BCUT2D eigenvalue weighted by atomic mass is 9.94. The molecule has 2 rings (SSSR count). The Labute approximate surface area is 106 Å². The van der Waals surface area contributed by atoms with Gasteiger partial charge in [-0.2, -0.15) is 0 Å². The van der Waals surface area contributed by atoms with E-state index in [9.17, 15) is 9.59 Å². The van der Waals surface area contributed by atoms with E-state index in [0.717, 1.165) is 19.3 Å². The molecule has 0 aromatic rings. The molecule has 3 unspecified atom stereocenters. The Hall–Kier alpha value is -1.14. The van der Waals surface area contributed by atoms with Crippen LogP contribution in [0.25, 0.3) is 0 Å². The van der Waals surface area contributed by atoms with E-state index in [1.807, 2.05) is 0 Å². The molecule has 6 heteroatoms. The van der Waals surface area contributed by atoms with Crippen LogP contribution in [-0.2, 0) is 14.3 Å². The van der Waals surface area contributed by atoms with Crippen molar-refractivity contribution >= 4 is 11.9 Å². The zero-order chi connectivity index (χ0) is 13.1. The number of carbonyl (C=O) groups excluding carboxylic acids is 1. The van der Waals surface area contributed by atoms with Gasteiger partial charge in [0.05, 0.1) is 13.2 Å². The average molecular weight is 256 g/mol. The predicted molar refractivity (Wildman–Crippen MR) is 63.8 cm³/mol. The molecule has 6 nitrogen and oxygen atoms in total. The van der Waals surface area contributed by atoms with Crippen molar-refractivity contribution in [3.63, 3.8) is 0 Å². The minimum absolute atomic E-state index is 0.0254. The second-order valence-electron chi connectivity index (χ2n) is 5.02. The van der Waals surface area contributed by atoms with Gasteiger partial charge in [-0.15, -0.1) is 0 Å². The highest BCUT2D eigenvalue weighted by Gasteiger charge is 2.37. The fourth-order valence-corrected chi connectivity index (χ4v) is 2.88. The molecule has 1 saturated carbocycles. The van der Waals surface area contributed by atoms with Crippen LogP contribution >= 0.6 is 0 Å². The summed E-state index contributed by atoms with van der Waals surface area (Å²) in [5.74, 6) is -0.724. The van der Waals surface area contributed by atoms with Crippen LogP contribution in [-0.4, -0.2) is 54.2 Å². The number of carboxylic acid groups (broad SMARTS) is 1. The van der Waals surface area contributed by atoms with Gasteiger partial charge in [0.1, 0.15) is 0 Å². The molecular formula is C12H20N2O4. The van der Waals surface area contributed by atoms with E-state index in [4.69, 9.17) is 15.6 Å². The Balaban J connectivity index is 1.98. The van der Waals surface area contributed by atoms with Gasteiger partial charge in [-0.25, -0.2) is 4.79 Å². The second kappa shape index (κ2) is 5.67. The summed E-state index contributed by atoms with van der Waals surface area (Å²) in [6, 6.07) is 0. The minimum Gasteiger partial charge on any atom is -0.479 e. The maximum absolute atomic E-state index is 12.4. The van der Waals surface area contributed by atoms with Gasteiger partial charge in [0.2, 0.25) is 5.91 Å². The van der Waals surface area contributed by atoms with E-state index in [2.05, 4.69) is 0 Å². The molecule has 0 radical (unpaired) electrons. The topological polar surface area (TPSA) is 92.9 Å². The van der Waals surface area contributed by atoms with Gasteiger partial charge in [0.15, 0.2) is 6.10 Å². The van der Waals surface area contributed by atoms with E-state index in [0.29, 0.717) is 19.7 Å². The maximum Gasteiger partial charge on any atom is 0.334 e. The van der Waals surface area contributed by atoms with Crippen LogP contribution in [0.1, 0.15) is 19.3 Å². The number of hydrogen-bond donors (Lipinski definition) is 2. The van der Waals surface area contributed by atoms with Crippen molar-refractivity contribution in [1.82, 2.24) is 4.90 Å². The standard InChI is InChI=1S/C12H20N2O4/c13-6-8-2-1-3-9(8)11(15)14-4-5-18-10(7-14)12(16)17/h8-10H,1-7,13H2,(H,16,17). The fourth-order valence-electron chi connectivity index (χ4n) is 2.88. The Kier molecular flexibility index (Phi) is 4.19. The van der Waals surface area contributed by atoms with Gasteiger partial charge in [-0.1, -0.05) is 6.42 Å². The third kappa shape index (κ3) is 2.64. The van der Waals surface area contributed by atoms with Gasteiger partial charge in [0, 0.05) is 12.5 Å². The summed E-state index contributed by atoms with van der Waals surface area (Å²) in [7, 11) is 0. The van der Waals surface area contributed by atoms with Gasteiger partial charge in [0.25, 0.3) is 0 Å². The largest absolute Gasteiger partial charge is 0.479 e. The first-order valence-electron chi connectivity index (χ1n) is 6.46. The molecular weight excluding hydrogens is 236 g/mol. The van der Waals surface area contributed by atoms with Crippen LogP contribution < -0.4 is 5.73 Å². The molecule has 0 bridgehead atoms. The number of morpholine rings is 1. The van der Waals surface area contributed by atoms with Crippen LogP contribution in [0.15, 0.2) is 0 Å². The molecule has 3 atom stereocenters. The van der Waals surface area contributed by atoms with E-state index in [1.165, 1.54) is 0 Å². The first-order chi connectivity index (χ1) is 8.63. The smallest absolute Gasteiger partial charge is 0.334 e. The van der Waals surface area contributed by atoms with Crippen molar-refractivity contribution in [1.29, 1.82) is 0 Å². The Bertz CT molecular complexity index is 334. The Morgan fingerprint density at radius 2 is 2.17 bits per heavy atom. The normalized spacial score (nSPS) is 32.5. The first-order valence-corrected chi connectivity index (χ1v) is 6.46. The van der Waals surface area contributed by atoms with Crippen molar-refractivity contribution < 1.29 is 19.4 Å². The summed E-state index contributed by atoms with van der Waals surface area (Å²) in [6.45, 7) is 1.46. The highest BCUT2D eigenvalue weighted by Crippen LogP contribution is 2.32. The number of carbonyl (C=O) groups is 2. The number of rotatable bonds is 3. The van der Waals surface area contributed by atoms with Gasteiger partial charge in [-0.05, 0) is 25.3 Å². The summed E-state index contributed by atoms with van der Waals surface area (Å²) in [5, 5.41) is 8.92. The molecule has 1 aliphatic heterocycles. The molecule has 18 heavy (non-hydrogen) atoms. The molecule has 1 heterocycles. The highest BCUT2D eigenvalue weighted by atomic mass is 16.5. The van der Waals surface area contributed by atoms with E-state index < -0.39 is 12.1 Å². The minimum atomic E-state index is -1.01. The third-order valence-electron chi connectivity index (χ3n) is 3.93. The molecule has 2 aliphatic rings. The second-order valence-corrected chi connectivity index (χ2v) is 5.02. The van der Waals surface area contributed by atoms with Gasteiger partial charge in [-0.3, -0.25) is 4.79 Å². The number of amides is 1. The number of nitrogens with two attached hydrogens (primary N) is 1. The molecule has 1 saturated heterocycles. The van der Waals surface area contributed by atoms with E-state index >= 15 is 0 Å². The van der Waals surface area contributed by atoms with Gasteiger partial charge < -0.3 is 20.5 Å². The van der Waals surface area contributed by atoms with Crippen molar-refractivity contribution in [2.24, 2.45) is 17.6 Å². The Morgan fingerprint density at radius 1 is 1.39 bits per heavy atom. The molecule has 0 aromatic heterocycles. The molecule has 102 valence electrons. The van der Waals surface area contributed by atoms with Crippen LogP contribution in [0.3, 0.4) is 0 Å². The lowest BCUT2D eigenvalue weighted by Gasteiger charge is -2.33. The summed E-state index contributed by atoms with van der Waals surface area (Å²) in [6.07, 6.45) is 2.01. The Morgan fingerprint density at radius 3 is 2.83 bits per heavy atom. The van der Waals surface area contributed by atoms with E-state index in [1.54, 1.807) is 4.90 Å². The SMILES string of the molecule is NCC1CCCC1C(=O)N1CCOC(C(=O)O)C1. The van der Waals surface area contributed by atoms with Crippen molar-refractivity contribution in [3.8, 4) is 0 Å². The van der Waals surface area contributed by atoms with Crippen molar-refractivity contribution in [2.75, 3.05) is 26.2 Å². The molecule has 0 spiro atoms. The lowest BCUT2D eigenvalue weighted by molar-refractivity contribution is -0.160. The number of ether oxygens (including phenoxy) is 1.